The van der Waals surface area contributed by atoms with Crippen molar-refractivity contribution in [2.45, 2.75) is 26.9 Å². The quantitative estimate of drug-likeness (QED) is 0.584. The van der Waals surface area contributed by atoms with Gasteiger partial charge >= 0.3 is 0 Å². The molecule has 1 aromatic rings. The lowest BCUT2D eigenvalue weighted by Gasteiger charge is -2.08. The van der Waals surface area contributed by atoms with Gasteiger partial charge in [0.25, 0.3) is 0 Å². The molecule has 0 radical (unpaired) electrons. The summed E-state index contributed by atoms with van der Waals surface area (Å²) in [5.74, 6) is -0.254. The third-order valence-corrected chi connectivity index (χ3v) is 2.16. The highest BCUT2D eigenvalue weighted by atomic mass is 19.1. The van der Waals surface area contributed by atoms with E-state index in [0.29, 0.717) is 16.8 Å². The summed E-state index contributed by atoms with van der Waals surface area (Å²) in [7, 11) is 1.56. The van der Waals surface area contributed by atoms with Crippen LogP contribution in [0.1, 0.15) is 25.0 Å². The van der Waals surface area contributed by atoms with Crippen LogP contribution in [-0.2, 0) is 9.57 Å². The van der Waals surface area contributed by atoms with E-state index in [9.17, 15) is 4.39 Å². The monoisotopic (exact) mass is 239 g/mol. The maximum absolute atomic E-state index is 13.4. The predicted molar refractivity (Wildman–Crippen MR) is 65.8 cm³/mol. The Morgan fingerprint density at radius 3 is 2.65 bits per heavy atom. The fourth-order valence-electron chi connectivity index (χ4n) is 1.24. The van der Waals surface area contributed by atoms with E-state index in [1.54, 1.807) is 26.2 Å². The molecule has 0 saturated heterocycles. The Morgan fingerprint density at radius 2 is 2.12 bits per heavy atom. The van der Waals surface area contributed by atoms with Gasteiger partial charge < -0.3 is 9.57 Å². The molecular weight excluding hydrogens is 221 g/mol. The minimum atomic E-state index is -0.254. The van der Waals surface area contributed by atoms with Crippen molar-refractivity contribution in [1.82, 2.24) is 0 Å². The van der Waals surface area contributed by atoms with Crippen LogP contribution in [0.4, 0.5) is 4.39 Å². The number of nitrogens with zero attached hydrogens (tertiary/aromatic N) is 1. The number of halogens is 1. The summed E-state index contributed by atoms with van der Waals surface area (Å²) in [5.41, 5.74) is 1.87. The lowest BCUT2D eigenvalue weighted by molar-refractivity contribution is 0.0839. The van der Waals surface area contributed by atoms with Crippen molar-refractivity contribution in [1.29, 1.82) is 0 Å². The standard InChI is InChI=1S/C13H18FNO2/c1-9(2)17-15-13(8-16-4)11-6-5-10(3)12(14)7-11/h5-7,9H,8H2,1-4H3/b15-13+. The molecule has 3 nitrogen and oxygen atoms in total. The zero-order valence-electron chi connectivity index (χ0n) is 10.7. The van der Waals surface area contributed by atoms with Crippen molar-refractivity contribution in [2.24, 2.45) is 5.16 Å². The fourth-order valence-corrected chi connectivity index (χ4v) is 1.24. The fraction of sp³-hybridized carbons (Fsp3) is 0.462. The SMILES string of the molecule is COC/C(=N\OC(C)C)c1ccc(C)c(F)c1. The third kappa shape index (κ3) is 4.15. The van der Waals surface area contributed by atoms with Crippen molar-refractivity contribution in [3.8, 4) is 0 Å². The topological polar surface area (TPSA) is 30.8 Å². The lowest BCUT2D eigenvalue weighted by atomic mass is 10.1. The highest BCUT2D eigenvalue weighted by Gasteiger charge is 2.07. The molecule has 0 aliphatic heterocycles. The van der Waals surface area contributed by atoms with Crippen LogP contribution in [0.5, 0.6) is 0 Å². The summed E-state index contributed by atoms with van der Waals surface area (Å²) in [6.07, 6.45) is -0.0165. The van der Waals surface area contributed by atoms with E-state index >= 15 is 0 Å². The van der Waals surface area contributed by atoms with Gasteiger partial charge in [-0.1, -0.05) is 17.3 Å². The van der Waals surface area contributed by atoms with E-state index in [4.69, 9.17) is 9.57 Å². The average Bonchev–Trinajstić information content (AvgIpc) is 2.28. The number of rotatable bonds is 5. The van der Waals surface area contributed by atoms with Crippen molar-refractivity contribution in [3.63, 3.8) is 0 Å². The summed E-state index contributed by atoms with van der Waals surface area (Å²) in [5, 5.41) is 3.98. The Balaban J connectivity index is 2.96. The molecule has 0 aliphatic rings. The van der Waals surface area contributed by atoms with Crippen LogP contribution < -0.4 is 0 Å². The number of hydrogen-bond donors (Lipinski definition) is 0. The first-order chi connectivity index (χ1) is 8.04. The second-order valence-electron chi connectivity index (χ2n) is 4.09. The molecule has 94 valence electrons. The number of benzene rings is 1. The number of methoxy groups -OCH3 is 1. The Labute approximate surface area is 101 Å². The van der Waals surface area contributed by atoms with Gasteiger partial charge in [-0.25, -0.2) is 4.39 Å². The molecule has 0 unspecified atom stereocenters. The highest BCUT2D eigenvalue weighted by molar-refractivity contribution is 6.01. The Kier molecular flexibility index (Phi) is 5.10. The molecule has 0 aliphatic carbocycles. The lowest BCUT2D eigenvalue weighted by Crippen LogP contribution is -2.11. The van der Waals surface area contributed by atoms with Crippen molar-refractivity contribution in [2.75, 3.05) is 13.7 Å². The molecule has 0 N–H and O–H groups in total. The van der Waals surface area contributed by atoms with Gasteiger partial charge in [0, 0.05) is 12.7 Å². The van der Waals surface area contributed by atoms with Crippen molar-refractivity contribution >= 4 is 5.71 Å². The van der Waals surface area contributed by atoms with E-state index in [1.807, 2.05) is 13.8 Å². The van der Waals surface area contributed by atoms with E-state index < -0.39 is 0 Å². The molecule has 1 rings (SSSR count). The Bertz CT molecular complexity index is 402. The molecule has 0 aromatic heterocycles. The minimum Gasteiger partial charge on any atom is -0.393 e. The van der Waals surface area contributed by atoms with Gasteiger partial charge in [-0.2, -0.15) is 0 Å². The van der Waals surface area contributed by atoms with Crippen LogP contribution in [0, 0.1) is 12.7 Å². The minimum absolute atomic E-state index is 0.0165. The van der Waals surface area contributed by atoms with Gasteiger partial charge in [0.2, 0.25) is 0 Å². The van der Waals surface area contributed by atoms with Gasteiger partial charge in [0.15, 0.2) is 0 Å². The number of hydrogen-bond acceptors (Lipinski definition) is 3. The van der Waals surface area contributed by atoms with Crippen molar-refractivity contribution < 1.29 is 14.0 Å². The first-order valence-corrected chi connectivity index (χ1v) is 5.52. The van der Waals surface area contributed by atoms with Crippen LogP contribution in [0.15, 0.2) is 23.4 Å². The number of aryl methyl sites for hydroxylation is 1. The zero-order valence-corrected chi connectivity index (χ0v) is 10.7. The summed E-state index contributed by atoms with van der Waals surface area (Å²) in [6.45, 7) is 5.76. The maximum atomic E-state index is 13.4. The van der Waals surface area contributed by atoms with Gasteiger partial charge in [-0.05, 0) is 32.4 Å². The van der Waals surface area contributed by atoms with E-state index in [0.717, 1.165) is 0 Å². The number of oxime groups is 1. The first kappa shape index (κ1) is 13.6. The number of ether oxygens (including phenoxy) is 1. The maximum Gasteiger partial charge on any atom is 0.126 e. The molecule has 0 heterocycles. The molecule has 1 aromatic carbocycles. The normalized spacial score (nSPS) is 12.0. The molecule has 0 amide bonds. The second-order valence-corrected chi connectivity index (χ2v) is 4.09. The van der Waals surface area contributed by atoms with Gasteiger partial charge in [0.1, 0.15) is 17.6 Å². The second kappa shape index (κ2) is 6.35. The molecule has 0 bridgehead atoms. The molecular formula is C13H18FNO2. The van der Waals surface area contributed by atoms with Crippen LogP contribution >= 0.6 is 0 Å². The molecule has 0 spiro atoms. The summed E-state index contributed by atoms with van der Waals surface area (Å²) in [4.78, 5) is 5.17. The smallest absolute Gasteiger partial charge is 0.126 e. The summed E-state index contributed by atoms with van der Waals surface area (Å²) < 4.78 is 18.5. The van der Waals surface area contributed by atoms with Crippen LogP contribution in [0.2, 0.25) is 0 Å². The zero-order chi connectivity index (χ0) is 12.8. The van der Waals surface area contributed by atoms with Crippen LogP contribution in [0.3, 0.4) is 0 Å². The first-order valence-electron chi connectivity index (χ1n) is 5.52. The highest BCUT2D eigenvalue weighted by Crippen LogP contribution is 2.11. The van der Waals surface area contributed by atoms with Gasteiger partial charge in [0.05, 0.1) is 6.61 Å². The van der Waals surface area contributed by atoms with Gasteiger partial charge in [-0.3, -0.25) is 0 Å². The van der Waals surface area contributed by atoms with Gasteiger partial charge in [-0.15, -0.1) is 0 Å². The molecule has 4 heteroatoms. The molecule has 0 fully saturated rings. The average molecular weight is 239 g/mol. The molecule has 0 atom stereocenters. The largest absolute Gasteiger partial charge is 0.393 e. The van der Waals surface area contributed by atoms with E-state index in [-0.39, 0.29) is 18.5 Å². The Hall–Kier alpha value is -1.42. The van der Waals surface area contributed by atoms with Crippen LogP contribution in [0.25, 0.3) is 0 Å². The van der Waals surface area contributed by atoms with E-state index in [2.05, 4.69) is 5.16 Å². The third-order valence-electron chi connectivity index (χ3n) is 2.16. The van der Waals surface area contributed by atoms with E-state index in [1.165, 1.54) is 6.07 Å². The summed E-state index contributed by atoms with van der Waals surface area (Å²) in [6, 6.07) is 4.96. The van der Waals surface area contributed by atoms with Crippen LogP contribution in [-0.4, -0.2) is 25.5 Å². The predicted octanol–water partition coefficient (Wildman–Crippen LogP) is 2.91. The Morgan fingerprint density at radius 1 is 1.41 bits per heavy atom. The van der Waals surface area contributed by atoms with Crippen molar-refractivity contribution in [3.05, 3.63) is 35.1 Å². The summed E-state index contributed by atoms with van der Waals surface area (Å²) >= 11 is 0. The molecule has 0 saturated carbocycles. The molecule has 17 heavy (non-hydrogen) atoms.